The molecule has 2 N–H and O–H groups in total. The van der Waals surface area contributed by atoms with Crippen LogP contribution < -0.4 is 5.73 Å². The minimum Gasteiger partial charge on any atom is -0.368 e. The lowest BCUT2D eigenvalue weighted by atomic mass is 10.1. The molecule has 4 rings (SSSR count). The first-order valence-corrected chi connectivity index (χ1v) is 10.2. The van der Waals surface area contributed by atoms with E-state index in [1.165, 1.54) is 17.8 Å². The maximum absolute atomic E-state index is 14.5. The molecule has 0 fully saturated rings. The van der Waals surface area contributed by atoms with Crippen LogP contribution in [-0.2, 0) is 4.79 Å². The average Bonchev–Trinajstić information content (AvgIpc) is 3.16. The Morgan fingerprint density at radius 3 is 2.30 bits per heavy atom. The average molecular weight is 418 g/mol. The topological polar surface area (TPSA) is 73.8 Å². The van der Waals surface area contributed by atoms with Crippen LogP contribution in [0.3, 0.4) is 0 Å². The summed E-state index contributed by atoms with van der Waals surface area (Å²) in [6, 6.07) is 23.4. The van der Waals surface area contributed by atoms with Crippen molar-refractivity contribution in [3.05, 3.63) is 95.8 Å². The van der Waals surface area contributed by atoms with Crippen LogP contribution in [0, 0.1) is 12.7 Å². The Kier molecular flexibility index (Phi) is 5.63. The number of primary amides is 1. The lowest BCUT2D eigenvalue weighted by Gasteiger charge is -2.15. The van der Waals surface area contributed by atoms with Crippen molar-refractivity contribution in [2.75, 3.05) is 0 Å². The van der Waals surface area contributed by atoms with Crippen molar-refractivity contribution >= 4 is 17.7 Å². The van der Waals surface area contributed by atoms with Gasteiger partial charge in [0.1, 0.15) is 11.1 Å². The standard InChI is InChI=1S/C23H19FN4OS/c1-15-11-13-17(14-12-15)28-22(18-9-5-6-10-19(18)24)26-27-23(28)30-20(21(25)29)16-7-3-2-4-8-16/h2-14,20H,1H3,(H2,25,29). The molecule has 1 aromatic heterocycles. The third-order valence-corrected chi connectivity index (χ3v) is 5.84. The van der Waals surface area contributed by atoms with Gasteiger partial charge in [0.25, 0.3) is 0 Å². The van der Waals surface area contributed by atoms with Crippen molar-refractivity contribution in [1.82, 2.24) is 14.8 Å². The van der Waals surface area contributed by atoms with E-state index >= 15 is 0 Å². The van der Waals surface area contributed by atoms with Gasteiger partial charge in [-0.05, 0) is 36.8 Å². The number of hydrogen-bond donors (Lipinski definition) is 1. The van der Waals surface area contributed by atoms with Crippen LogP contribution in [0.4, 0.5) is 4.39 Å². The number of carbonyl (C=O) groups is 1. The predicted molar refractivity (Wildman–Crippen MR) is 116 cm³/mol. The summed E-state index contributed by atoms with van der Waals surface area (Å²) < 4.78 is 16.3. The number of aromatic nitrogens is 3. The van der Waals surface area contributed by atoms with Gasteiger partial charge in [0.2, 0.25) is 5.91 Å². The molecular weight excluding hydrogens is 399 g/mol. The number of hydrogen-bond acceptors (Lipinski definition) is 4. The molecule has 0 saturated carbocycles. The molecule has 7 heteroatoms. The normalized spacial score (nSPS) is 11.9. The molecule has 4 aromatic rings. The first-order valence-electron chi connectivity index (χ1n) is 9.33. The molecule has 0 aliphatic carbocycles. The van der Waals surface area contributed by atoms with Gasteiger partial charge >= 0.3 is 0 Å². The van der Waals surface area contributed by atoms with Gasteiger partial charge in [0.05, 0.1) is 5.56 Å². The molecule has 0 aliphatic rings. The molecule has 0 radical (unpaired) electrons. The summed E-state index contributed by atoms with van der Waals surface area (Å²) in [5.74, 6) is -0.530. The second-order valence-corrected chi connectivity index (χ2v) is 7.84. The van der Waals surface area contributed by atoms with Crippen LogP contribution in [0.5, 0.6) is 0 Å². The Hall–Kier alpha value is -3.45. The summed E-state index contributed by atoms with van der Waals surface area (Å²) in [7, 11) is 0. The summed E-state index contributed by atoms with van der Waals surface area (Å²) in [6.45, 7) is 1.99. The van der Waals surface area contributed by atoms with E-state index in [0.29, 0.717) is 16.5 Å². The fourth-order valence-electron chi connectivity index (χ4n) is 3.11. The molecule has 150 valence electrons. The maximum atomic E-state index is 14.5. The number of benzene rings is 3. The zero-order valence-electron chi connectivity index (χ0n) is 16.2. The van der Waals surface area contributed by atoms with E-state index in [2.05, 4.69) is 10.2 Å². The first-order chi connectivity index (χ1) is 14.5. The SMILES string of the molecule is Cc1ccc(-n2c(SC(C(N)=O)c3ccccc3)nnc2-c2ccccc2F)cc1. The van der Waals surface area contributed by atoms with Gasteiger partial charge in [-0.1, -0.05) is 71.9 Å². The molecule has 0 bridgehead atoms. The summed E-state index contributed by atoms with van der Waals surface area (Å²) >= 11 is 1.19. The highest BCUT2D eigenvalue weighted by Gasteiger charge is 2.25. The molecule has 1 heterocycles. The zero-order valence-corrected chi connectivity index (χ0v) is 17.0. The van der Waals surface area contributed by atoms with Gasteiger partial charge in [0, 0.05) is 5.69 Å². The summed E-state index contributed by atoms with van der Waals surface area (Å²) in [5.41, 5.74) is 8.64. The quantitative estimate of drug-likeness (QED) is 0.461. The molecule has 1 unspecified atom stereocenters. The van der Waals surface area contributed by atoms with Gasteiger partial charge in [-0.2, -0.15) is 0 Å². The van der Waals surface area contributed by atoms with Crippen molar-refractivity contribution < 1.29 is 9.18 Å². The van der Waals surface area contributed by atoms with Crippen LogP contribution >= 0.6 is 11.8 Å². The third-order valence-electron chi connectivity index (χ3n) is 4.62. The van der Waals surface area contributed by atoms with Crippen molar-refractivity contribution in [3.63, 3.8) is 0 Å². The molecule has 5 nitrogen and oxygen atoms in total. The second kappa shape index (κ2) is 8.51. The number of amides is 1. The van der Waals surface area contributed by atoms with Gasteiger partial charge in [0.15, 0.2) is 11.0 Å². The first kappa shape index (κ1) is 19.8. The van der Waals surface area contributed by atoms with Crippen LogP contribution in [-0.4, -0.2) is 20.7 Å². The fraction of sp³-hybridized carbons (Fsp3) is 0.0870. The molecule has 30 heavy (non-hydrogen) atoms. The minimum absolute atomic E-state index is 0.327. The Morgan fingerprint density at radius 2 is 1.63 bits per heavy atom. The minimum atomic E-state index is -0.659. The van der Waals surface area contributed by atoms with E-state index in [1.807, 2.05) is 61.5 Å². The number of halogens is 1. The summed E-state index contributed by atoms with van der Waals surface area (Å²) in [6.07, 6.45) is 0. The third kappa shape index (κ3) is 3.97. The second-order valence-electron chi connectivity index (χ2n) is 6.77. The molecule has 1 atom stereocenters. The highest BCUT2D eigenvalue weighted by atomic mass is 32.2. The predicted octanol–water partition coefficient (Wildman–Crippen LogP) is 4.70. The van der Waals surface area contributed by atoms with Crippen LogP contribution in [0.1, 0.15) is 16.4 Å². The monoisotopic (exact) mass is 418 g/mol. The van der Waals surface area contributed by atoms with E-state index < -0.39 is 17.0 Å². The van der Waals surface area contributed by atoms with Crippen molar-refractivity contribution in [1.29, 1.82) is 0 Å². The Balaban J connectivity index is 1.85. The summed E-state index contributed by atoms with van der Waals surface area (Å²) in [4.78, 5) is 12.2. The van der Waals surface area contributed by atoms with E-state index in [1.54, 1.807) is 22.8 Å². The maximum Gasteiger partial charge on any atom is 0.235 e. The number of aryl methyl sites for hydroxylation is 1. The molecule has 0 aliphatic heterocycles. The molecule has 0 saturated heterocycles. The highest BCUT2D eigenvalue weighted by molar-refractivity contribution is 8.00. The smallest absolute Gasteiger partial charge is 0.235 e. The number of thioether (sulfide) groups is 1. The Morgan fingerprint density at radius 1 is 0.967 bits per heavy atom. The zero-order chi connectivity index (χ0) is 21.1. The Bertz CT molecular complexity index is 1180. The number of carbonyl (C=O) groups excluding carboxylic acids is 1. The van der Waals surface area contributed by atoms with Crippen LogP contribution in [0.15, 0.2) is 84.0 Å². The largest absolute Gasteiger partial charge is 0.368 e. The van der Waals surface area contributed by atoms with Gasteiger partial charge in [-0.15, -0.1) is 10.2 Å². The molecule has 3 aromatic carbocycles. The van der Waals surface area contributed by atoms with Gasteiger partial charge in [-0.25, -0.2) is 4.39 Å². The molecular formula is C23H19FN4OS. The highest BCUT2D eigenvalue weighted by Crippen LogP contribution is 2.37. The van der Waals surface area contributed by atoms with Crippen molar-refractivity contribution in [2.45, 2.75) is 17.3 Å². The molecule has 0 spiro atoms. The lowest BCUT2D eigenvalue weighted by Crippen LogP contribution is -2.19. The fourth-order valence-corrected chi connectivity index (χ4v) is 4.12. The number of nitrogens with zero attached hydrogens (tertiary/aromatic N) is 3. The van der Waals surface area contributed by atoms with Crippen molar-refractivity contribution in [3.8, 4) is 17.1 Å². The lowest BCUT2D eigenvalue weighted by molar-refractivity contribution is -0.117. The van der Waals surface area contributed by atoms with E-state index in [9.17, 15) is 9.18 Å². The van der Waals surface area contributed by atoms with Crippen LogP contribution in [0.2, 0.25) is 0 Å². The summed E-state index contributed by atoms with van der Waals surface area (Å²) in [5, 5.41) is 8.32. The number of nitrogens with two attached hydrogens (primary N) is 1. The van der Waals surface area contributed by atoms with Gasteiger partial charge < -0.3 is 5.73 Å². The molecule has 1 amide bonds. The van der Waals surface area contributed by atoms with E-state index in [-0.39, 0.29) is 0 Å². The van der Waals surface area contributed by atoms with Crippen molar-refractivity contribution in [2.24, 2.45) is 5.73 Å². The number of rotatable bonds is 6. The van der Waals surface area contributed by atoms with Crippen LogP contribution in [0.25, 0.3) is 17.1 Å². The van der Waals surface area contributed by atoms with Gasteiger partial charge in [-0.3, -0.25) is 9.36 Å². The Labute approximate surface area is 177 Å². The van der Waals surface area contributed by atoms with E-state index in [4.69, 9.17) is 5.73 Å². The van der Waals surface area contributed by atoms with E-state index in [0.717, 1.165) is 16.8 Å².